The fourth-order valence-electron chi connectivity index (χ4n) is 3.93. The molecule has 6 nitrogen and oxygen atoms in total. The first kappa shape index (κ1) is 26.5. The van der Waals surface area contributed by atoms with Crippen molar-refractivity contribution < 1.29 is 19.1 Å². The molecule has 1 rings (SSSR count). The maximum absolute atomic E-state index is 11.7. The van der Waals surface area contributed by atoms with Gasteiger partial charge in [-0.25, -0.2) is 9.59 Å². The molecule has 1 aliphatic heterocycles. The van der Waals surface area contributed by atoms with Gasteiger partial charge in [-0.15, -0.1) is 0 Å². The van der Waals surface area contributed by atoms with Crippen LogP contribution in [0.4, 0.5) is 4.79 Å². The predicted molar refractivity (Wildman–Crippen MR) is 122 cm³/mol. The Morgan fingerprint density at radius 2 is 1.30 bits per heavy atom. The van der Waals surface area contributed by atoms with Gasteiger partial charge in [-0.1, -0.05) is 57.9 Å². The van der Waals surface area contributed by atoms with Crippen LogP contribution < -0.4 is 5.32 Å². The molecule has 0 aromatic heterocycles. The fourth-order valence-corrected chi connectivity index (χ4v) is 3.93. The summed E-state index contributed by atoms with van der Waals surface area (Å²) >= 11 is 0. The van der Waals surface area contributed by atoms with Crippen LogP contribution in [0.25, 0.3) is 0 Å². The van der Waals surface area contributed by atoms with Gasteiger partial charge < -0.3 is 14.8 Å². The monoisotopic (exact) mass is 424 g/mol. The number of alkyl carbamates (subject to hydrolysis) is 1. The Morgan fingerprint density at radius 1 is 0.800 bits per heavy atom. The molecule has 174 valence electrons. The van der Waals surface area contributed by atoms with Crippen molar-refractivity contribution in [1.29, 1.82) is 0 Å². The van der Waals surface area contributed by atoms with Crippen LogP contribution in [0.1, 0.15) is 91.9 Å². The van der Waals surface area contributed by atoms with Crippen molar-refractivity contribution in [2.75, 3.05) is 26.3 Å². The second kappa shape index (κ2) is 13.7. The van der Waals surface area contributed by atoms with Crippen LogP contribution in [0.15, 0.2) is 12.7 Å². The van der Waals surface area contributed by atoms with Gasteiger partial charge in [0.2, 0.25) is 0 Å². The van der Waals surface area contributed by atoms with E-state index in [1.807, 2.05) is 0 Å². The van der Waals surface area contributed by atoms with E-state index >= 15 is 0 Å². The van der Waals surface area contributed by atoms with E-state index in [2.05, 4.69) is 44.5 Å². The average molecular weight is 425 g/mol. The summed E-state index contributed by atoms with van der Waals surface area (Å²) in [7, 11) is 0. The van der Waals surface area contributed by atoms with Gasteiger partial charge in [0.05, 0.1) is 6.61 Å². The summed E-state index contributed by atoms with van der Waals surface area (Å²) < 4.78 is 10.2. The molecule has 1 fully saturated rings. The average Bonchev–Trinajstić information content (AvgIpc) is 3.09. The maximum atomic E-state index is 11.7. The quantitative estimate of drug-likeness (QED) is 0.150. The highest BCUT2D eigenvalue weighted by Crippen LogP contribution is 2.50. The van der Waals surface area contributed by atoms with E-state index < -0.39 is 0 Å². The summed E-state index contributed by atoms with van der Waals surface area (Å²) in [6, 6.07) is 0. The molecular formula is C24H44N2O4. The van der Waals surface area contributed by atoms with Crippen LogP contribution >= 0.6 is 0 Å². The van der Waals surface area contributed by atoms with Crippen LogP contribution in [-0.4, -0.2) is 54.3 Å². The van der Waals surface area contributed by atoms with Crippen LogP contribution in [0.5, 0.6) is 0 Å². The third-order valence-electron chi connectivity index (χ3n) is 6.60. The number of unbranched alkanes of at least 4 members (excludes halogenated alkanes) is 9. The lowest BCUT2D eigenvalue weighted by molar-refractivity contribution is -0.137. The SMILES string of the molecule is C=CC(=O)OCCCCCCCCCCCCNC(=O)OCCN1C(C)(C)C1(C)C. The van der Waals surface area contributed by atoms with Crippen molar-refractivity contribution in [1.82, 2.24) is 10.2 Å². The Kier molecular flexibility index (Phi) is 12.1. The fraction of sp³-hybridized carbons (Fsp3) is 0.833. The summed E-state index contributed by atoms with van der Waals surface area (Å²) in [5.74, 6) is -0.331. The Balaban J connectivity index is 1.79. The number of ether oxygens (including phenoxy) is 2. The summed E-state index contributed by atoms with van der Waals surface area (Å²) in [4.78, 5) is 25.0. The Morgan fingerprint density at radius 3 is 1.80 bits per heavy atom. The first-order valence-electron chi connectivity index (χ1n) is 11.7. The first-order chi connectivity index (χ1) is 14.2. The van der Waals surface area contributed by atoms with Crippen molar-refractivity contribution >= 4 is 12.1 Å². The number of amides is 1. The zero-order chi connectivity index (χ0) is 22.5. The molecule has 1 aliphatic rings. The predicted octanol–water partition coefficient (Wildman–Crippen LogP) is 5.22. The number of hydrogen-bond acceptors (Lipinski definition) is 5. The normalized spacial score (nSPS) is 16.7. The third-order valence-corrected chi connectivity index (χ3v) is 6.60. The topological polar surface area (TPSA) is 67.6 Å². The van der Waals surface area contributed by atoms with E-state index in [9.17, 15) is 9.59 Å². The van der Waals surface area contributed by atoms with E-state index in [1.165, 1.54) is 44.6 Å². The smallest absolute Gasteiger partial charge is 0.407 e. The lowest BCUT2D eigenvalue weighted by Crippen LogP contribution is -2.28. The molecule has 0 bridgehead atoms. The second-order valence-corrected chi connectivity index (χ2v) is 9.24. The van der Waals surface area contributed by atoms with Gasteiger partial charge in [-0.2, -0.15) is 0 Å². The molecule has 0 radical (unpaired) electrons. The Hall–Kier alpha value is -1.56. The number of rotatable bonds is 17. The van der Waals surface area contributed by atoms with E-state index in [0.717, 1.165) is 32.2 Å². The van der Waals surface area contributed by atoms with Gasteiger partial charge in [-0.3, -0.25) is 4.90 Å². The van der Waals surface area contributed by atoms with Crippen LogP contribution in [0.3, 0.4) is 0 Å². The number of nitrogens with one attached hydrogen (secondary N) is 1. The number of nitrogens with zero attached hydrogens (tertiary/aromatic N) is 1. The second-order valence-electron chi connectivity index (χ2n) is 9.24. The summed E-state index contributed by atoms with van der Waals surface area (Å²) in [6.07, 6.45) is 12.5. The van der Waals surface area contributed by atoms with E-state index in [0.29, 0.717) is 19.8 Å². The van der Waals surface area contributed by atoms with E-state index in [-0.39, 0.29) is 23.1 Å². The highest BCUT2D eigenvalue weighted by Gasteiger charge is 2.62. The zero-order valence-electron chi connectivity index (χ0n) is 19.8. The van der Waals surface area contributed by atoms with Gasteiger partial charge in [-0.05, 0) is 40.5 Å². The highest BCUT2D eigenvalue weighted by atomic mass is 16.5. The number of hydrogen-bond donors (Lipinski definition) is 1. The van der Waals surface area contributed by atoms with Crippen molar-refractivity contribution in [3.63, 3.8) is 0 Å². The van der Waals surface area contributed by atoms with Gasteiger partial charge in [0, 0.05) is 30.2 Å². The molecule has 1 amide bonds. The summed E-state index contributed by atoms with van der Waals surface area (Å²) in [6.45, 7) is 14.7. The van der Waals surface area contributed by atoms with Crippen molar-refractivity contribution in [2.24, 2.45) is 0 Å². The third kappa shape index (κ3) is 9.50. The largest absolute Gasteiger partial charge is 0.463 e. The van der Waals surface area contributed by atoms with Crippen molar-refractivity contribution in [3.8, 4) is 0 Å². The van der Waals surface area contributed by atoms with Crippen LogP contribution in [-0.2, 0) is 14.3 Å². The van der Waals surface area contributed by atoms with E-state index in [4.69, 9.17) is 9.47 Å². The Labute approximate surface area is 183 Å². The highest BCUT2D eigenvalue weighted by molar-refractivity contribution is 5.81. The van der Waals surface area contributed by atoms with Gasteiger partial charge in [0.15, 0.2) is 0 Å². The molecule has 30 heavy (non-hydrogen) atoms. The molecule has 0 atom stereocenters. The zero-order valence-corrected chi connectivity index (χ0v) is 19.8. The van der Waals surface area contributed by atoms with E-state index in [1.54, 1.807) is 0 Å². The minimum absolute atomic E-state index is 0.189. The molecule has 0 spiro atoms. The molecule has 0 unspecified atom stereocenters. The molecule has 0 aromatic rings. The van der Waals surface area contributed by atoms with Crippen molar-refractivity contribution in [2.45, 2.75) is 103 Å². The molecule has 1 N–H and O–H groups in total. The minimum atomic E-state index is -0.331. The lowest BCUT2D eigenvalue weighted by Gasteiger charge is -2.09. The Bertz CT molecular complexity index is 517. The standard InChI is InChI=1S/C24H44N2O4/c1-6-21(27)29-19-16-14-12-10-8-7-9-11-13-15-17-25-22(28)30-20-18-26-23(2,3)24(26,4)5/h6H,1,7-20H2,2-5H3,(H,25,28). The maximum Gasteiger partial charge on any atom is 0.407 e. The number of carbonyl (C=O) groups is 2. The number of carbonyl (C=O) groups excluding carboxylic acids is 2. The molecule has 0 aromatic carbocycles. The molecule has 0 aliphatic carbocycles. The minimum Gasteiger partial charge on any atom is -0.463 e. The van der Waals surface area contributed by atoms with Gasteiger partial charge in [0.25, 0.3) is 0 Å². The molecular weight excluding hydrogens is 380 g/mol. The number of esters is 1. The lowest BCUT2D eigenvalue weighted by atomic mass is 10.0. The summed E-state index contributed by atoms with van der Waals surface area (Å²) in [5.41, 5.74) is 0.378. The van der Waals surface area contributed by atoms with Gasteiger partial charge in [0.1, 0.15) is 6.61 Å². The van der Waals surface area contributed by atoms with Crippen molar-refractivity contribution in [3.05, 3.63) is 12.7 Å². The van der Waals surface area contributed by atoms with Crippen LogP contribution in [0, 0.1) is 0 Å². The first-order valence-corrected chi connectivity index (χ1v) is 11.7. The van der Waals surface area contributed by atoms with Crippen LogP contribution in [0.2, 0.25) is 0 Å². The molecule has 1 heterocycles. The molecule has 6 heteroatoms. The molecule has 1 saturated heterocycles. The summed E-state index contributed by atoms with van der Waals surface area (Å²) in [5, 5.41) is 2.85. The molecule has 0 saturated carbocycles. The van der Waals surface area contributed by atoms with Gasteiger partial charge >= 0.3 is 12.1 Å².